The van der Waals surface area contributed by atoms with E-state index < -0.39 is 15.4 Å². The molecule has 2 aliphatic heterocycles. The minimum atomic E-state index is -3.87. The van der Waals surface area contributed by atoms with Gasteiger partial charge in [0.15, 0.2) is 0 Å². The van der Waals surface area contributed by atoms with E-state index in [1.165, 1.54) is 11.0 Å². The number of anilines is 1. The van der Waals surface area contributed by atoms with Gasteiger partial charge >= 0.3 is 0 Å². The van der Waals surface area contributed by atoms with Crippen molar-refractivity contribution in [2.45, 2.75) is 54.1 Å². The highest BCUT2D eigenvalue weighted by atomic mass is 32.2. The van der Waals surface area contributed by atoms with E-state index >= 15 is 0 Å². The van der Waals surface area contributed by atoms with Crippen LogP contribution in [-0.4, -0.2) is 39.2 Å². The molecule has 2 heterocycles. The number of sulfone groups is 1. The maximum Gasteiger partial charge on any atom is 0.227 e. The highest BCUT2D eigenvalue weighted by Gasteiger charge is 2.36. The second-order valence-electron chi connectivity index (χ2n) is 7.92. The Morgan fingerprint density at radius 1 is 1.17 bits per heavy atom. The zero-order valence-corrected chi connectivity index (χ0v) is 17.4. The number of carbonyl (C=O) groups excluding carboxylic acids is 1. The first-order valence-electron chi connectivity index (χ1n) is 9.80. The quantitative estimate of drug-likeness (QED) is 0.833. The lowest BCUT2D eigenvalue weighted by atomic mass is 9.84. The summed E-state index contributed by atoms with van der Waals surface area (Å²) in [6, 6.07) is 11.6. The maximum absolute atomic E-state index is 13.5. The van der Waals surface area contributed by atoms with Crippen LogP contribution in [0.3, 0.4) is 0 Å². The fraction of sp³-hybridized carbons (Fsp3) is 0.409. The molecule has 2 aromatic carbocycles. The molecule has 1 saturated heterocycles. The Labute approximate surface area is 171 Å². The minimum absolute atomic E-state index is 0.0978. The van der Waals surface area contributed by atoms with E-state index in [2.05, 4.69) is 0 Å². The molecule has 2 atom stereocenters. The number of amides is 1. The van der Waals surface area contributed by atoms with Crippen LogP contribution in [0.2, 0.25) is 0 Å². The second kappa shape index (κ2) is 7.23. The highest BCUT2D eigenvalue weighted by molar-refractivity contribution is 7.91. The zero-order chi connectivity index (χ0) is 20.8. The van der Waals surface area contributed by atoms with Crippen LogP contribution in [0.4, 0.5) is 5.69 Å². The lowest BCUT2D eigenvalue weighted by molar-refractivity contribution is -0.118. The smallest absolute Gasteiger partial charge is 0.227 e. The topological polar surface area (TPSA) is 83.9 Å². The Hall–Kier alpha value is -2.22. The van der Waals surface area contributed by atoms with Crippen molar-refractivity contribution in [2.75, 3.05) is 18.6 Å². The van der Waals surface area contributed by atoms with Gasteiger partial charge in [-0.25, -0.2) is 8.42 Å². The van der Waals surface area contributed by atoms with E-state index in [0.717, 1.165) is 5.56 Å². The monoisotopic (exact) mass is 415 g/mol. The minimum Gasteiger partial charge on any atom is -0.385 e. The number of carbonyl (C=O) groups is 1. The van der Waals surface area contributed by atoms with Crippen molar-refractivity contribution in [3.05, 3.63) is 53.6 Å². The number of ether oxygens (including phenoxy) is 1. The summed E-state index contributed by atoms with van der Waals surface area (Å²) in [5.74, 6) is -0.0978. The lowest BCUT2D eigenvalue weighted by Crippen LogP contribution is -2.37. The van der Waals surface area contributed by atoms with Crippen molar-refractivity contribution in [1.29, 1.82) is 0 Å². The SMILES string of the molecule is C[C@H]1C[C@@](O)(c2cccc(S(=O)(=O)c3cccc4c3N(C)C(=O)CC4)c2)CCO1. The molecule has 6 nitrogen and oxygen atoms in total. The summed E-state index contributed by atoms with van der Waals surface area (Å²) in [4.78, 5) is 13.9. The Morgan fingerprint density at radius 2 is 1.93 bits per heavy atom. The molecule has 7 heteroatoms. The summed E-state index contributed by atoms with van der Waals surface area (Å²) in [6.45, 7) is 2.32. The number of para-hydroxylation sites is 1. The third-order valence-corrected chi connectivity index (χ3v) is 7.70. The van der Waals surface area contributed by atoms with Gasteiger partial charge in [0.25, 0.3) is 0 Å². The van der Waals surface area contributed by atoms with E-state index in [0.29, 0.717) is 43.5 Å². The van der Waals surface area contributed by atoms with Gasteiger partial charge in [0.05, 0.1) is 33.8 Å². The molecule has 1 N–H and O–H groups in total. The van der Waals surface area contributed by atoms with Crippen LogP contribution in [0.15, 0.2) is 52.3 Å². The number of hydrogen-bond donors (Lipinski definition) is 1. The molecule has 1 amide bonds. The van der Waals surface area contributed by atoms with E-state index in [1.807, 2.05) is 13.0 Å². The number of fused-ring (bicyclic) bond motifs is 1. The number of aryl methyl sites for hydroxylation is 1. The standard InChI is InChI=1S/C22H25NO5S/c1-15-14-22(25,11-12-28-15)17-6-4-7-18(13-17)29(26,27)19-8-3-5-16-9-10-20(24)23(2)21(16)19/h3-8,13,15,25H,9-12,14H2,1-2H3/t15-,22+/m0/s1. The van der Waals surface area contributed by atoms with E-state index in [-0.39, 0.29) is 21.8 Å². The number of aliphatic hydroxyl groups is 1. The lowest BCUT2D eigenvalue weighted by Gasteiger charge is -2.36. The van der Waals surface area contributed by atoms with Crippen LogP contribution in [0, 0.1) is 0 Å². The summed E-state index contributed by atoms with van der Waals surface area (Å²) in [7, 11) is -2.26. The molecule has 154 valence electrons. The van der Waals surface area contributed by atoms with Crippen LogP contribution >= 0.6 is 0 Å². The van der Waals surface area contributed by atoms with Gasteiger partial charge in [0, 0.05) is 26.3 Å². The van der Waals surface area contributed by atoms with Gasteiger partial charge in [-0.05, 0) is 42.7 Å². The maximum atomic E-state index is 13.5. The first-order chi connectivity index (χ1) is 13.7. The first kappa shape index (κ1) is 20.1. The first-order valence-corrected chi connectivity index (χ1v) is 11.3. The van der Waals surface area contributed by atoms with Crippen molar-refractivity contribution in [3.63, 3.8) is 0 Å². The fourth-order valence-corrected chi connectivity index (χ4v) is 5.88. The summed E-state index contributed by atoms with van der Waals surface area (Å²) in [6.07, 6.45) is 1.62. The third kappa shape index (κ3) is 3.47. The molecular formula is C22H25NO5S. The van der Waals surface area contributed by atoms with Crippen molar-refractivity contribution in [3.8, 4) is 0 Å². The number of rotatable bonds is 3. The van der Waals surface area contributed by atoms with Gasteiger partial charge in [0.2, 0.25) is 15.7 Å². The molecule has 4 rings (SSSR count). The second-order valence-corrected chi connectivity index (χ2v) is 9.83. The van der Waals surface area contributed by atoms with Gasteiger partial charge in [-0.3, -0.25) is 4.79 Å². The Morgan fingerprint density at radius 3 is 2.69 bits per heavy atom. The van der Waals surface area contributed by atoms with Gasteiger partial charge < -0.3 is 14.7 Å². The molecule has 0 spiro atoms. The average molecular weight is 416 g/mol. The van der Waals surface area contributed by atoms with Crippen LogP contribution < -0.4 is 4.90 Å². The Bertz CT molecular complexity index is 1060. The predicted molar refractivity (Wildman–Crippen MR) is 109 cm³/mol. The Balaban J connectivity index is 1.80. The molecule has 2 aromatic rings. The molecule has 0 bridgehead atoms. The normalized spacial score (nSPS) is 25.0. The Kier molecular flexibility index (Phi) is 5.01. The van der Waals surface area contributed by atoms with E-state index in [1.54, 1.807) is 37.4 Å². The van der Waals surface area contributed by atoms with Crippen LogP contribution in [0.1, 0.15) is 37.3 Å². The molecule has 29 heavy (non-hydrogen) atoms. The molecule has 0 aliphatic carbocycles. The molecule has 0 unspecified atom stereocenters. The van der Waals surface area contributed by atoms with E-state index in [9.17, 15) is 18.3 Å². The van der Waals surface area contributed by atoms with Crippen molar-refractivity contribution >= 4 is 21.4 Å². The number of hydrogen-bond acceptors (Lipinski definition) is 5. The third-order valence-electron chi connectivity index (χ3n) is 5.91. The zero-order valence-electron chi connectivity index (χ0n) is 16.6. The van der Waals surface area contributed by atoms with Gasteiger partial charge in [-0.1, -0.05) is 24.3 Å². The van der Waals surface area contributed by atoms with Crippen LogP contribution in [0.5, 0.6) is 0 Å². The number of nitrogens with zero attached hydrogens (tertiary/aromatic N) is 1. The number of benzene rings is 2. The fourth-order valence-electron chi connectivity index (χ4n) is 4.31. The summed E-state index contributed by atoms with van der Waals surface area (Å²) >= 11 is 0. The molecular weight excluding hydrogens is 390 g/mol. The van der Waals surface area contributed by atoms with Crippen LogP contribution in [0.25, 0.3) is 0 Å². The average Bonchev–Trinajstić information content (AvgIpc) is 2.70. The van der Waals surface area contributed by atoms with Gasteiger partial charge in [-0.15, -0.1) is 0 Å². The van der Waals surface area contributed by atoms with Crippen molar-refractivity contribution < 1.29 is 23.1 Å². The van der Waals surface area contributed by atoms with Gasteiger partial charge in [0.1, 0.15) is 0 Å². The van der Waals surface area contributed by atoms with Crippen molar-refractivity contribution in [1.82, 2.24) is 0 Å². The van der Waals surface area contributed by atoms with Gasteiger partial charge in [-0.2, -0.15) is 0 Å². The van der Waals surface area contributed by atoms with Crippen LogP contribution in [-0.2, 0) is 31.4 Å². The summed E-state index contributed by atoms with van der Waals surface area (Å²) in [5.41, 5.74) is 0.753. The molecule has 1 fully saturated rings. The van der Waals surface area contributed by atoms with Crippen molar-refractivity contribution in [2.24, 2.45) is 0 Å². The molecule has 0 aromatic heterocycles. The van der Waals surface area contributed by atoms with E-state index in [4.69, 9.17) is 4.74 Å². The molecule has 0 saturated carbocycles. The molecule has 0 radical (unpaired) electrons. The highest BCUT2D eigenvalue weighted by Crippen LogP contribution is 2.39. The largest absolute Gasteiger partial charge is 0.385 e. The summed E-state index contributed by atoms with van der Waals surface area (Å²) < 4.78 is 32.6. The summed E-state index contributed by atoms with van der Waals surface area (Å²) in [5, 5.41) is 11.1. The molecule has 2 aliphatic rings. The predicted octanol–water partition coefficient (Wildman–Crippen LogP) is 2.81.